The molecule has 2 aromatic rings. The molecule has 0 aliphatic carbocycles. The molecule has 4 nitrogen and oxygen atoms in total. The Bertz CT molecular complexity index is 743. The molecule has 2 saturated heterocycles. The van der Waals surface area contributed by atoms with Gasteiger partial charge in [-0.25, -0.2) is 0 Å². The van der Waals surface area contributed by atoms with Gasteiger partial charge in [-0.05, 0) is 55.5 Å². The molecular formula is C19H22Cl2N2O2. The van der Waals surface area contributed by atoms with E-state index in [1.165, 1.54) is 6.42 Å². The first kappa shape index (κ1) is 18.3. The van der Waals surface area contributed by atoms with Crippen LogP contribution in [0.15, 0.2) is 40.8 Å². The second-order valence-corrected chi connectivity index (χ2v) is 7.27. The highest BCUT2D eigenvalue weighted by atomic mass is 35.5. The largest absolute Gasteiger partial charge is 0.451 e. The van der Waals surface area contributed by atoms with Crippen molar-refractivity contribution in [3.8, 4) is 11.3 Å². The second-order valence-electron chi connectivity index (χ2n) is 6.86. The summed E-state index contributed by atoms with van der Waals surface area (Å²) in [5.41, 5.74) is 1.22. The van der Waals surface area contributed by atoms with Gasteiger partial charge in [-0.2, -0.15) is 0 Å². The van der Waals surface area contributed by atoms with E-state index in [1.54, 1.807) is 6.07 Å². The van der Waals surface area contributed by atoms with E-state index in [-0.39, 0.29) is 18.3 Å². The minimum atomic E-state index is -0.0193. The van der Waals surface area contributed by atoms with Crippen LogP contribution in [0.2, 0.25) is 5.02 Å². The van der Waals surface area contributed by atoms with Crippen LogP contribution in [0.4, 0.5) is 0 Å². The molecule has 1 spiro atoms. The Morgan fingerprint density at radius 2 is 1.88 bits per heavy atom. The number of carbonyl (C=O) groups excluding carboxylic acids is 1. The third-order valence-corrected chi connectivity index (χ3v) is 5.73. The number of hydrogen-bond donors (Lipinski definition) is 1. The highest BCUT2D eigenvalue weighted by molar-refractivity contribution is 6.33. The quantitative estimate of drug-likeness (QED) is 0.847. The van der Waals surface area contributed by atoms with Crippen LogP contribution in [-0.4, -0.2) is 37.0 Å². The second kappa shape index (κ2) is 7.40. The van der Waals surface area contributed by atoms with Gasteiger partial charge in [-0.15, -0.1) is 12.4 Å². The average molecular weight is 381 g/mol. The number of piperidine rings is 1. The standard InChI is InChI=1S/C19H21ClN2O2.ClH/c20-15-4-2-1-3-14(15)16-5-6-17(24-16)18(23)22-11-8-19(9-12-22)7-10-21-13-19;/h1-6,21H,7-13H2;1H. The molecule has 2 fully saturated rings. The number of benzene rings is 1. The van der Waals surface area contributed by atoms with Crippen molar-refractivity contribution in [2.24, 2.45) is 5.41 Å². The van der Waals surface area contributed by atoms with Crippen molar-refractivity contribution in [3.63, 3.8) is 0 Å². The molecule has 3 heterocycles. The third kappa shape index (κ3) is 3.57. The van der Waals surface area contributed by atoms with E-state index >= 15 is 0 Å². The summed E-state index contributed by atoms with van der Waals surface area (Å²) in [6, 6.07) is 11.1. The predicted molar refractivity (Wildman–Crippen MR) is 101 cm³/mol. The smallest absolute Gasteiger partial charge is 0.289 e. The Balaban J connectivity index is 0.00000182. The first-order chi connectivity index (χ1) is 11.7. The van der Waals surface area contributed by atoms with Crippen LogP contribution in [0.1, 0.15) is 29.8 Å². The molecule has 1 N–H and O–H groups in total. The fourth-order valence-corrected chi connectivity index (χ4v) is 4.05. The molecule has 0 radical (unpaired) electrons. The lowest BCUT2D eigenvalue weighted by Crippen LogP contribution is -2.43. The summed E-state index contributed by atoms with van der Waals surface area (Å²) < 4.78 is 5.79. The van der Waals surface area contributed by atoms with E-state index in [4.69, 9.17) is 16.0 Å². The van der Waals surface area contributed by atoms with E-state index in [9.17, 15) is 4.79 Å². The van der Waals surface area contributed by atoms with Crippen molar-refractivity contribution in [2.75, 3.05) is 26.2 Å². The fraction of sp³-hybridized carbons (Fsp3) is 0.421. The molecule has 6 heteroatoms. The van der Waals surface area contributed by atoms with Crippen molar-refractivity contribution in [1.29, 1.82) is 0 Å². The van der Waals surface area contributed by atoms with Crippen LogP contribution in [0.5, 0.6) is 0 Å². The third-order valence-electron chi connectivity index (χ3n) is 5.40. The van der Waals surface area contributed by atoms with Crippen LogP contribution < -0.4 is 5.32 Å². The number of nitrogens with zero attached hydrogens (tertiary/aromatic N) is 1. The Kier molecular flexibility index (Phi) is 5.42. The molecular weight excluding hydrogens is 359 g/mol. The zero-order valence-electron chi connectivity index (χ0n) is 14.0. The minimum absolute atomic E-state index is 0. The predicted octanol–water partition coefficient (Wildman–Crippen LogP) is 4.24. The number of furan rings is 1. The van der Waals surface area contributed by atoms with Gasteiger partial charge in [0.1, 0.15) is 5.76 Å². The zero-order chi connectivity index (χ0) is 16.6. The molecule has 134 valence electrons. The van der Waals surface area contributed by atoms with Crippen molar-refractivity contribution in [3.05, 3.63) is 47.2 Å². The Morgan fingerprint density at radius 1 is 1.12 bits per heavy atom. The molecule has 0 unspecified atom stereocenters. The number of rotatable bonds is 2. The van der Waals surface area contributed by atoms with Crippen LogP contribution in [0.3, 0.4) is 0 Å². The van der Waals surface area contributed by atoms with E-state index in [0.29, 0.717) is 22.0 Å². The number of carbonyl (C=O) groups is 1. The Labute approximate surface area is 158 Å². The molecule has 1 aromatic heterocycles. The van der Waals surface area contributed by atoms with Gasteiger partial charge >= 0.3 is 0 Å². The number of likely N-dealkylation sites (tertiary alicyclic amines) is 1. The maximum atomic E-state index is 12.7. The van der Waals surface area contributed by atoms with Crippen molar-refractivity contribution >= 4 is 29.9 Å². The molecule has 2 aliphatic heterocycles. The van der Waals surface area contributed by atoms with Crippen LogP contribution in [0, 0.1) is 5.41 Å². The van der Waals surface area contributed by atoms with Gasteiger partial charge in [0.15, 0.2) is 5.76 Å². The summed E-state index contributed by atoms with van der Waals surface area (Å²) in [4.78, 5) is 14.6. The van der Waals surface area contributed by atoms with Gasteiger partial charge in [-0.3, -0.25) is 4.79 Å². The summed E-state index contributed by atoms with van der Waals surface area (Å²) in [5.74, 6) is 1.01. The highest BCUT2D eigenvalue weighted by Crippen LogP contribution is 2.37. The summed E-state index contributed by atoms with van der Waals surface area (Å²) in [6.45, 7) is 3.81. The maximum Gasteiger partial charge on any atom is 0.289 e. The number of halogens is 2. The van der Waals surface area contributed by atoms with E-state index in [0.717, 1.165) is 44.6 Å². The summed E-state index contributed by atoms with van der Waals surface area (Å²) in [5, 5.41) is 4.08. The van der Waals surface area contributed by atoms with E-state index < -0.39 is 0 Å². The fourth-order valence-electron chi connectivity index (χ4n) is 3.82. The lowest BCUT2D eigenvalue weighted by Gasteiger charge is -2.38. The average Bonchev–Trinajstić information content (AvgIpc) is 3.26. The Hall–Kier alpha value is -1.49. The van der Waals surface area contributed by atoms with Gasteiger partial charge in [-0.1, -0.05) is 23.7 Å². The molecule has 0 atom stereocenters. The van der Waals surface area contributed by atoms with E-state index in [1.807, 2.05) is 35.2 Å². The molecule has 4 rings (SSSR count). The molecule has 1 amide bonds. The number of nitrogens with one attached hydrogen (secondary N) is 1. The molecule has 0 bridgehead atoms. The van der Waals surface area contributed by atoms with Gasteiger partial charge in [0.25, 0.3) is 5.91 Å². The number of amides is 1. The van der Waals surface area contributed by atoms with Crippen LogP contribution in [0.25, 0.3) is 11.3 Å². The number of hydrogen-bond acceptors (Lipinski definition) is 3. The highest BCUT2D eigenvalue weighted by Gasteiger charge is 2.38. The topological polar surface area (TPSA) is 45.5 Å². The Morgan fingerprint density at radius 3 is 2.56 bits per heavy atom. The minimum Gasteiger partial charge on any atom is -0.451 e. The lowest BCUT2D eigenvalue weighted by atomic mass is 9.78. The SMILES string of the molecule is Cl.O=C(c1ccc(-c2ccccc2Cl)o1)N1CCC2(CCNC2)CC1. The molecule has 2 aliphatic rings. The lowest BCUT2D eigenvalue weighted by molar-refractivity contribution is 0.0578. The first-order valence-electron chi connectivity index (χ1n) is 8.52. The maximum absolute atomic E-state index is 12.7. The molecule has 1 aromatic carbocycles. The molecule has 0 saturated carbocycles. The molecule has 25 heavy (non-hydrogen) atoms. The van der Waals surface area contributed by atoms with Gasteiger partial charge in [0.05, 0.1) is 5.02 Å². The summed E-state index contributed by atoms with van der Waals surface area (Å²) in [6.07, 6.45) is 3.38. The van der Waals surface area contributed by atoms with Crippen LogP contribution in [-0.2, 0) is 0 Å². The monoisotopic (exact) mass is 380 g/mol. The van der Waals surface area contributed by atoms with Crippen molar-refractivity contribution in [2.45, 2.75) is 19.3 Å². The van der Waals surface area contributed by atoms with Crippen molar-refractivity contribution < 1.29 is 9.21 Å². The van der Waals surface area contributed by atoms with Crippen molar-refractivity contribution in [1.82, 2.24) is 10.2 Å². The van der Waals surface area contributed by atoms with Gasteiger partial charge in [0, 0.05) is 25.2 Å². The van der Waals surface area contributed by atoms with E-state index in [2.05, 4.69) is 5.32 Å². The normalized spacial score (nSPS) is 19.0. The zero-order valence-corrected chi connectivity index (χ0v) is 15.5. The van der Waals surface area contributed by atoms with Crippen LogP contribution >= 0.6 is 24.0 Å². The summed E-state index contributed by atoms with van der Waals surface area (Å²) >= 11 is 6.20. The van der Waals surface area contributed by atoms with Gasteiger partial charge in [0.2, 0.25) is 0 Å². The van der Waals surface area contributed by atoms with Gasteiger partial charge < -0.3 is 14.6 Å². The first-order valence-corrected chi connectivity index (χ1v) is 8.89. The summed E-state index contributed by atoms with van der Waals surface area (Å²) in [7, 11) is 0.